The van der Waals surface area contributed by atoms with E-state index in [1.54, 1.807) is 0 Å². The van der Waals surface area contributed by atoms with Gasteiger partial charge in [-0.25, -0.2) is 9.97 Å². The third-order valence-corrected chi connectivity index (χ3v) is 12.2. The highest BCUT2D eigenvalue weighted by Gasteiger charge is 2.51. The lowest BCUT2D eigenvalue weighted by molar-refractivity contribution is 0.00578. The van der Waals surface area contributed by atoms with Crippen molar-refractivity contribution in [1.82, 2.24) is 14.5 Å². The molecule has 8 aromatic carbocycles. The number of pyridine rings is 1. The van der Waals surface area contributed by atoms with E-state index in [9.17, 15) is 0 Å². The van der Waals surface area contributed by atoms with Crippen molar-refractivity contribution < 1.29 is 9.31 Å². The number of fused-ring (bicyclic) bond motifs is 2. The highest BCUT2D eigenvalue weighted by Crippen LogP contribution is 2.40. The number of halogens is 1. The van der Waals surface area contributed by atoms with Gasteiger partial charge in [0.15, 0.2) is 0 Å². The van der Waals surface area contributed by atoms with E-state index < -0.39 is 0 Å². The molecule has 0 spiro atoms. The monoisotopic (exact) mass is 803 g/mol. The maximum Gasteiger partial charge on any atom is 0.494 e. The van der Waals surface area contributed by atoms with Gasteiger partial charge in [0.2, 0.25) is 0 Å². The van der Waals surface area contributed by atoms with Crippen LogP contribution in [0, 0.1) is 0 Å². The van der Waals surface area contributed by atoms with Crippen molar-refractivity contribution in [2.24, 2.45) is 0 Å². The highest BCUT2D eigenvalue weighted by molar-refractivity contribution is 9.10. The molecule has 3 heterocycles. The minimum atomic E-state index is -0.368. The molecular weight excluding hydrogens is 765 g/mol. The summed E-state index contributed by atoms with van der Waals surface area (Å²) in [7, 11) is -0.368. The average Bonchev–Trinajstić information content (AvgIpc) is 3.73. The smallest absolute Gasteiger partial charge is 0.399 e. The Balaban J connectivity index is 0.000000155. The Morgan fingerprint density at radius 1 is 0.509 bits per heavy atom. The molecule has 10 aromatic rings. The van der Waals surface area contributed by atoms with Crippen LogP contribution in [0.1, 0.15) is 27.7 Å². The fourth-order valence-electron chi connectivity index (χ4n) is 8.01. The van der Waals surface area contributed by atoms with E-state index in [1.165, 1.54) is 32.3 Å². The summed E-state index contributed by atoms with van der Waals surface area (Å²) < 4.78 is 16.0. The summed E-state index contributed by atoms with van der Waals surface area (Å²) in [5.41, 5.74) is 7.84. The van der Waals surface area contributed by atoms with Crippen LogP contribution < -0.4 is 5.46 Å². The van der Waals surface area contributed by atoms with Gasteiger partial charge in [-0.1, -0.05) is 119 Å². The van der Waals surface area contributed by atoms with Crippen LogP contribution in [0.25, 0.3) is 82.6 Å². The molecule has 2 aromatic heterocycles. The zero-order valence-electron chi connectivity index (χ0n) is 32.2. The van der Waals surface area contributed by atoms with E-state index in [1.807, 2.05) is 36.4 Å². The summed E-state index contributed by atoms with van der Waals surface area (Å²) in [5, 5.41) is 8.63. The molecule has 1 aliphatic heterocycles. The van der Waals surface area contributed by atoms with Crippen LogP contribution in [0.3, 0.4) is 0 Å². The largest absolute Gasteiger partial charge is 0.494 e. The van der Waals surface area contributed by atoms with E-state index in [0.717, 1.165) is 60.2 Å². The number of rotatable bonds is 4. The first-order valence-corrected chi connectivity index (χ1v) is 20.1. The van der Waals surface area contributed by atoms with E-state index in [0.29, 0.717) is 0 Å². The van der Waals surface area contributed by atoms with Crippen LogP contribution in [0.15, 0.2) is 168 Å². The van der Waals surface area contributed by atoms with Crippen LogP contribution >= 0.6 is 15.9 Å². The van der Waals surface area contributed by atoms with Gasteiger partial charge in [-0.2, -0.15) is 0 Å². The van der Waals surface area contributed by atoms with Crippen LogP contribution in [0.4, 0.5) is 0 Å². The quantitative estimate of drug-likeness (QED) is 0.131. The summed E-state index contributed by atoms with van der Waals surface area (Å²) in [6, 6.07) is 57.2. The summed E-state index contributed by atoms with van der Waals surface area (Å²) in [6.45, 7) is 8.39. The van der Waals surface area contributed by atoms with Crippen molar-refractivity contribution in [1.29, 1.82) is 0 Å². The van der Waals surface area contributed by atoms with Gasteiger partial charge in [0.1, 0.15) is 5.82 Å². The van der Waals surface area contributed by atoms with Crippen LogP contribution in [0.2, 0.25) is 0 Å². The number of hydrogen-bond acceptors (Lipinski definition) is 4. The SMILES string of the molecule is Brc1ccc(-n2c(-c3ccccc3)nc3ccccc32)cc1.CC1(C)OB(c2cc3ccc4cc(-c5ccc6ccccc6n5)cc5ccc(c2)c3c45)OC1(C)C. The second-order valence-electron chi connectivity index (χ2n) is 15.9. The fraction of sp³-hybridized carbons (Fsp3) is 0.120. The number of hydrogen-bond donors (Lipinski definition) is 0. The molecule has 1 aliphatic rings. The number of nitrogens with zero attached hydrogens (tertiary/aromatic N) is 3. The molecule has 0 atom stereocenters. The Hall–Kier alpha value is -5.86. The second-order valence-corrected chi connectivity index (χ2v) is 16.8. The first kappa shape index (κ1) is 35.6. The number of para-hydroxylation sites is 3. The third-order valence-electron chi connectivity index (χ3n) is 11.7. The normalized spacial score (nSPS) is 14.9. The van der Waals surface area contributed by atoms with E-state index >= 15 is 0 Å². The fourth-order valence-corrected chi connectivity index (χ4v) is 8.27. The van der Waals surface area contributed by atoms with Crippen molar-refractivity contribution >= 4 is 82.8 Å². The Kier molecular flexibility index (Phi) is 8.52. The average molecular weight is 805 g/mol. The molecular formula is C50H39BBrN3O2. The summed E-state index contributed by atoms with van der Waals surface area (Å²) >= 11 is 3.50. The van der Waals surface area contributed by atoms with E-state index in [-0.39, 0.29) is 18.3 Å². The molecule has 0 radical (unpaired) electrons. The van der Waals surface area contributed by atoms with Crippen molar-refractivity contribution in [2.45, 2.75) is 38.9 Å². The Labute approximate surface area is 340 Å². The molecule has 11 rings (SSSR count). The minimum absolute atomic E-state index is 0.358. The highest BCUT2D eigenvalue weighted by atomic mass is 79.9. The van der Waals surface area contributed by atoms with Gasteiger partial charge >= 0.3 is 7.12 Å². The number of imidazole rings is 1. The lowest BCUT2D eigenvalue weighted by Crippen LogP contribution is -2.41. The van der Waals surface area contributed by atoms with Crippen LogP contribution in [0.5, 0.6) is 0 Å². The molecule has 0 bridgehead atoms. The van der Waals surface area contributed by atoms with Gasteiger partial charge < -0.3 is 9.31 Å². The predicted molar refractivity (Wildman–Crippen MR) is 241 cm³/mol. The number of aromatic nitrogens is 3. The zero-order chi connectivity index (χ0) is 38.9. The van der Waals surface area contributed by atoms with Gasteiger partial charge in [0.25, 0.3) is 0 Å². The Morgan fingerprint density at radius 2 is 1.05 bits per heavy atom. The lowest BCUT2D eigenvalue weighted by atomic mass is 9.76. The molecule has 5 nitrogen and oxygen atoms in total. The van der Waals surface area contributed by atoms with Gasteiger partial charge in [0.05, 0.1) is 33.4 Å². The molecule has 7 heteroatoms. The van der Waals surface area contributed by atoms with Crippen LogP contribution in [-0.4, -0.2) is 32.9 Å². The number of benzene rings is 8. The zero-order valence-corrected chi connectivity index (χ0v) is 33.8. The molecule has 0 unspecified atom stereocenters. The van der Waals surface area contributed by atoms with Crippen molar-refractivity contribution in [2.75, 3.05) is 0 Å². The van der Waals surface area contributed by atoms with Gasteiger partial charge in [-0.05, 0) is 126 Å². The predicted octanol–water partition coefficient (Wildman–Crippen LogP) is 12.6. The van der Waals surface area contributed by atoms with E-state index in [2.05, 4.69) is 176 Å². The molecule has 0 saturated carbocycles. The van der Waals surface area contributed by atoms with Crippen molar-refractivity contribution in [3.05, 3.63) is 168 Å². The van der Waals surface area contributed by atoms with Gasteiger partial charge in [-0.3, -0.25) is 4.57 Å². The van der Waals surface area contributed by atoms with Crippen molar-refractivity contribution in [3.63, 3.8) is 0 Å². The third kappa shape index (κ3) is 6.27. The molecule has 0 amide bonds. The summed E-state index contributed by atoms with van der Waals surface area (Å²) in [4.78, 5) is 9.77. The molecule has 57 heavy (non-hydrogen) atoms. The first-order chi connectivity index (χ1) is 27.6. The summed E-state index contributed by atoms with van der Waals surface area (Å²) in [5.74, 6) is 0.962. The topological polar surface area (TPSA) is 49.2 Å². The maximum absolute atomic E-state index is 6.34. The first-order valence-electron chi connectivity index (χ1n) is 19.4. The Bertz CT molecular complexity index is 3020. The standard InChI is InChI=1S/C31H26BNO2.C19H13BrN2/c1-30(2)31(3,4)35-32(34-30)25-17-22-11-9-20-15-24(16-21-10-12-23(18-25)29(22)28(20)21)27-14-13-19-7-5-6-8-26(19)33-27;20-15-10-12-16(13-11-15)22-18-9-5-4-8-17(18)21-19(22)14-6-2-1-3-7-14/h5-18H,1-4H3;1-13H. The minimum Gasteiger partial charge on any atom is -0.399 e. The molecule has 276 valence electrons. The van der Waals surface area contributed by atoms with Crippen molar-refractivity contribution in [3.8, 4) is 28.3 Å². The second kappa shape index (κ2) is 13.7. The summed E-state index contributed by atoms with van der Waals surface area (Å²) in [6.07, 6.45) is 0. The van der Waals surface area contributed by atoms with E-state index in [4.69, 9.17) is 19.3 Å². The van der Waals surface area contributed by atoms with Crippen LogP contribution in [-0.2, 0) is 9.31 Å². The van der Waals surface area contributed by atoms with Gasteiger partial charge in [-0.15, -0.1) is 0 Å². The molecule has 0 N–H and O–H groups in total. The molecule has 1 fully saturated rings. The Morgan fingerprint density at radius 3 is 1.70 bits per heavy atom. The molecule has 0 aliphatic carbocycles. The maximum atomic E-state index is 6.34. The lowest BCUT2D eigenvalue weighted by Gasteiger charge is -2.32. The van der Waals surface area contributed by atoms with Gasteiger partial charge in [0, 0.05) is 26.7 Å². The molecule has 1 saturated heterocycles.